The van der Waals surface area contributed by atoms with Crippen LogP contribution in [0.5, 0.6) is 0 Å². The highest BCUT2D eigenvalue weighted by molar-refractivity contribution is 9.10. The monoisotopic (exact) mass is 1430 g/mol. The lowest BCUT2D eigenvalue weighted by Gasteiger charge is -2.28. The molecule has 1 fully saturated rings. The molecule has 1 aliphatic rings. The second-order valence-corrected chi connectivity index (χ2v) is 26.9. The molecular formula is C86H65Br2ClN10. The average molecular weight is 1430 g/mol. The number of hydrogen-bond acceptors (Lipinski definition) is 4. The van der Waals surface area contributed by atoms with Crippen LogP contribution in [0.1, 0.15) is 19.3 Å². The summed E-state index contributed by atoms with van der Waals surface area (Å²) >= 11 is 13.4. The first-order valence-electron chi connectivity index (χ1n) is 33.2. The number of fused-ring (bicyclic) bond motifs is 3. The van der Waals surface area contributed by atoms with Gasteiger partial charge >= 0.3 is 0 Å². The summed E-state index contributed by atoms with van der Waals surface area (Å²) in [5, 5.41) is 4.12. The van der Waals surface area contributed by atoms with Crippen molar-refractivity contribution in [2.45, 2.75) is 19.3 Å². The minimum Gasteiger partial charge on any atom is -0.372 e. The molecule has 0 bridgehead atoms. The Morgan fingerprint density at radius 1 is 0.303 bits per heavy atom. The van der Waals surface area contributed by atoms with Crippen molar-refractivity contribution in [2.24, 2.45) is 0 Å². The smallest absolute Gasteiger partial charge is 0.140 e. The number of para-hydroxylation sites is 1. The molecule has 0 saturated carbocycles. The second kappa shape index (κ2) is 28.1. The zero-order valence-corrected chi connectivity index (χ0v) is 57.7. The lowest BCUT2D eigenvalue weighted by atomic mass is 10.0. The van der Waals surface area contributed by atoms with Gasteiger partial charge in [-0.15, -0.1) is 0 Å². The molecule has 0 radical (unpaired) electrons. The van der Waals surface area contributed by atoms with Crippen molar-refractivity contribution in [3.05, 3.63) is 312 Å². The largest absolute Gasteiger partial charge is 0.372 e. The van der Waals surface area contributed by atoms with E-state index in [4.69, 9.17) is 26.6 Å². The van der Waals surface area contributed by atoms with E-state index in [9.17, 15) is 0 Å². The van der Waals surface area contributed by atoms with Crippen molar-refractivity contribution < 1.29 is 0 Å². The number of nitrogens with one attached hydrogen (secondary N) is 6. The number of anilines is 1. The Bertz CT molecular complexity index is 5590. The molecular weight excluding hydrogens is 1370 g/mol. The summed E-state index contributed by atoms with van der Waals surface area (Å²) in [6.45, 7) is 2.30. The van der Waals surface area contributed by atoms with Crippen LogP contribution in [0.25, 0.3) is 157 Å². The molecule has 0 spiro atoms. The minimum atomic E-state index is 0.707. The molecule has 0 amide bonds. The van der Waals surface area contributed by atoms with Crippen LogP contribution in [0.3, 0.4) is 0 Å². The zero-order valence-electron chi connectivity index (χ0n) is 53.7. The van der Waals surface area contributed by atoms with Gasteiger partial charge in [-0.3, -0.25) is 0 Å². The van der Waals surface area contributed by atoms with Crippen molar-refractivity contribution in [3.8, 4) is 124 Å². The van der Waals surface area contributed by atoms with Crippen LogP contribution in [0.4, 0.5) is 5.69 Å². The quantitative estimate of drug-likeness (QED) is 0.0726. The van der Waals surface area contributed by atoms with Crippen molar-refractivity contribution >= 4 is 81.9 Å². The van der Waals surface area contributed by atoms with Crippen molar-refractivity contribution in [3.63, 3.8) is 0 Å². The third-order valence-electron chi connectivity index (χ3n) is 18.4. The number of imidazole rings is 3. The molecule has 0 aliphatic carbocycles. The number of rotatable bonds is 12. The molecule has 480 valence electrons. The molecule has 11 aromatic carbocycles. The van der Waals surface area contributed by atoms with Gasteiger partial charge in [0.15, 0.2) is 0 Å². The topological polar surface area (TPSA) is 137 Å². The molecule has 6 aromatic heterocycles. The fraction of sp³-hybridized carbons (Fsp3) is 0.0581. The summed E-state index contributed by atoms with van der Waals surface area (Å²) in [5.74, 6) is 2.55. The van der Waals surface area contributed by atoms with Gasteiger partial charge < -0.3 is 34.8 Å². The SMILES string of the molecule is Brc1ccc2[nH]cc(-c3nc(-c4ccccc4)c(-c4ccc(N5CCCCC5)cc4)[nH]3)c2c1.Clc1ccc(-c2[nH]c(-c3c[nH]c4ccc(Br)cc34)nc2-c2ccc(-c3ccccc3)cc2)cc1.c1ccc(-c2ccc(-c3[nH]c(-c4c[nH]c5ccccc45)nc3-c3ccccc3)cc2)cc1. The van der Waals surface area contributed by atoms with Gasteiger partial charge in [-0.25, -0.2) is 15.0 Å². The predicted octanol–water partition coefficient (Wildman–Crippen LogP) is 24.2. The summed E-state index contributed by atoms with van der Waals surface area (Å²) < 4.78 is 2.08. The van der Waals surface area contributed by atoms with Crippen LogP contribution in [0.15, 0.2) is 307 Å². The van der Waals surface area contributed by atoms with Crippen LogP contribution >= 0.6 is 43.5 Å². The summed E-state index contributed by atoms with van der Waals surface area (Å²) in [6.07, 6.45) is 9.98. The highest BCUT2D eigenvalue weighted by atomic mass is 79.9. The molecule has 13 heteroatoms. The summed E-state index contributed by atoms with van der Waals surface area (Å²) in [7, 11) is 0. The molecule has 1 aliphatic heterocycles. The van der Waals surface area contributed by atoms with Crippen LogP contribution < -0.4 is 4.90 Å². The molecule has 99 heavy (non-hydrogen) atoms. The van der Waals surface area contributed by atoms with E-state index in [-0.39, 0.29) is 0 Å². The van der Waals surface area contributed by atoms with Crippen LogP contribution in [-0.4, -0.2) is 57.9 Å². The third-order valence-corrected chi connectivity index (χ3v) is 19.6. The Hall–Kier alpha value is -11.3. The third kappa shape index (κ3) is 13.3. The number of aromatic amines is 6. The highest BCUT2D eigenvalue weighted by Gasteiger charge is 2.22. The van der Waals surface area contributed by atoms with E-state index in [1.165, 1.54) is 47.2 Å². The van der Waals surface area contributed by atoms with E-state index < -0.39 is 0 Å². The lowest BCUT2D eigenvalue weighted by molar-refractivity contribution is 0.578. The van der Waals surface area contributed by atoms with E-state index >= 15 is 0 Å². The highest BCUT2D eigenvalue weighted by Crippen LogP contribution is 2.41. The van der Waals surface area contributed by atoms with E-state index in [0.29, 0.717) is 5.02 Å². The molecule has 18 rings (SSSR count). The number of H-pyrrole nitrogens is 6. The van der Waals surface area contributed by atoms with E-state index in [1.807, 2.05) is 79.3 Å². The number of aromatic nitrogens is 9. The number of piperidine rings is 1. The zero-order chi connectivity index (χ0) is 66.6. The molecule has 6 N–H and O–H groups in total. The first-order valence-corrected chi connectivity index (χ1v) is 35.2. The van der Waals surface area contributed by atoms with Gasteiger partial charge in [0.25, 0.3) is 0 Å². The maximum Gasteiger partial charge on any atom is 0.140 e. The van der Waals surface area contributed by atoms with Gasteiger partial charge in [0.2, 0.25) is 0 Å². The first kappa shape index (κ1) is 62.5. The van der Waals surface area contributed by atoms with Crippen LogP contribution in [0.2, 0.25) is 5.02 Å². The average Bonchev–Trinajstić information content (AvgIpc) is 1.64. The fourth-order valence-electron chi connectivity index (χ4n) is 13.3. The Labute approximate surface area is 595 Å². The van der Waals surface area contributed by atoms with Gasteiger partial charge in [-0.05, 0) is 108 Å². The van der Waals surface area contributed by atoms with Gasteiger partial charge in [0.1, 0.15) is 17.5 Å². The molecule has 10 nitrogen and oxygen atoms in total. The summed E-state index contributed by atoms with van der Waals surface area (Å²) in [4.78, 5) is 38.7. The number of halogens is 3. The Balaban J connectivity index is 0.000000116. The molecule has 0 unspecified atom stereocenters. The van der Waals surface area contributed by atoms with Gasteiger partial charge in [0, 0.05) is 134 Å². The van der Waals surface area contributed by atoms with Gasteiger partial charge in [0.05, 0.1) is 34.2 Å². The maximum atomic E-state index is 6.16. The fourth-order valence-corrected chi connectivity index (χ4v) is 14.2. The minimum absolute atomic E-state index is 0.707. The van der Waals surface area contributed by atoms with Crippen molar-refractivity contribution in [2.75, 3.05) is 18.0 Å². The number of benzene rings is 11. The molecule has 1 saturated heterocycles. The van der Waals surface area contributed by atoms with Crippen LogP contribution in [0, 0.1) is 0 Å². The first-order chi connectivity index (χ1) is 48.8. The van der Waals surface area contributed by atoms with Gasteiger partial charge in [-0.2, -0.15) is 0 Å². The van der Waals surface area contributed by atoms with Crippen molar-refractivity contribution in [1.29, 1.82) is 0 Å². The molecule has 7 heterocycles. The van der Waals surface area contributed by atoms with Crippen LogP contribution in [-0.2, 0) is 0 Å². The lowest BCUT2D eigenvalue weighted by Crippen LogP contribution is -2.29. The predicted molar refractivity (Wildman–Crippen MR) is 418 cm³/mol. The number of nitrogens with zero attached hydrogens (tertiary/aromatic N) is 4. The molecule has 17 aromatic rings. The van der Waals surface area contributed by atoms with E-state index in [0.717, 1.165) is 156 Å². The normalized spacial score (nSPS) is 12.2. The summed E-state index contributed by atoms with van der Waals surface area (Å²) in [5.41, 5.74) is 24.9. The Morgan fingerprint density at radius 2 is 0.626 bits per heavy atom. The maximum absolute atomic E-state index is 6.16. The number of hydrogen-bond donors (Lipinski definition) is 6. The standard InChI is InChI=1S/C29H19BrClN3.C29H21N3.C28H25BrN4/c30-22-12-15-26-24(16-22)25(17-32-26)29-33-27(28(34-29)21-10-13-23(31)14-11-21)20-8-6-19(7-9-20)18-4-2-1-3-5-18;1-3-9-20(10-4-1)21-15-17-23(18-16-21)28-27(22-11-5-2-6-12-22)31-29(32-28)25-19-30-26-14-8-7-13-24(25)26;29-21-11-14-25-23(17-21)24(18-30-25)28-31-26(19-7-3-1-4-8-19)27(32-28)20-9-12-22(13-10-20)33-15-5-2-6-16-33/h1-17,32H,(H,33,34);1-19,30H,(H,31,32);1,3-4,7-14,17-18,30H,2,5-6,15-16H2,(H,31,32). The summed E-state index contributed by atoms with van der Waals surface area (Å²) in [6, 6.07) is 96.4. The van der Waals surface area contributed by atoms with E-state index in [1.54, 1.807) is 0 Å². The van der Waals surface area contributed by atoms with Gasteiger partial charge in [-0.1, -0.05) is 256 Å². The van der Waals surface area contributed by atoms with Crippen molar-refractivity contribution in [1.82, 2.24) is 44.9 Å². The molecule has 0 atom stereocenters. The Morgan fingerprint density at radius 3 is 1.06 bits per heavy atom. The Kier molecular flexibility index (Phi) is 17.7. The second-order valence-electron chi connectivity index (χ2n) is 24.7. The van der Waals surface area contributed by atoms with E-state index in [2.05, 4.69) is 285 Å².